The highest BCUT2D eigenvalue weighted by atomic mass is 32.2. The zero-order valence-electron chi connectivity index (χ0n) is 12.1. The Hall–Kier alpha value is -1.45. The first-order valence-electron chi connectivity index (χ1n) is 6.72. The fraction of sp³-hybridized carbons (Fsp3) is 0.571. The molecule has 0 amide bonds. The molecule has 5 nitrogen and oxygen atoms in total. The smallest absolute Gasteiger partial charge is 0.228 e. The van der Waals surface area contributed by atoms with Crippen LogP contribution in [0.2, 0.25) is 0 Å². The lowest BCUT2D eigenvalue weighted by molar-refractivity contribution is 0.463. The van der Waals surface area contributed by atoms with E-state index in [1.54, 1.807) is 25.3 Å². The average Bonchev–Trinajstić information content (AvgIpc) is 2.39. The van der Waals surface area contributed by atoms with Gasteiger partial charge in [-0.3, -0.25) is 4.98 Å². The van der Waals surface area contributed by atoms with E-state index in [0.717, 1.165) is 0 Å². The summed E-state index contributed by atoms with van der Waals surface area (Å²) in [6.45, 7) is 5.73. The van der Waals surface area contributed by atoms with E-state index in [0.29, 0.717) is 18.0 Å². The topological polar surface area (TPSA) is 82.8 Å². The second kappa shape index (κ2) is 7.36. The Morgan fingerprint density at radius 2 is 2.10 bits per heavy atom. The van der Waals surface area contributed by atoms with Gasteiger partial charge in [-0.2, -0.15) is 5.26 Å². The third-order valence-electron chi connectivity index (χ3n) is 2.95. The van der Waals surface area contributed by atoms with E-state index in [9.17, 15) is 8.42 Å². The molecule has 1 heterocycles. The highest BCUT2D eigenvalue weighted by Gasteiger charge is 2.28. The van der Waals surface area contributed by atoms with Crippen molar-refractivity contribution in [3.63, 3.8) is 0 Å². The maximum absolute atomic E-state index is 12.2. The predicted octanol–water partition coefficient (Wildman–Crippen LogP) is 2.39. The standard InChI is InChI=1S/C14H21N3O2S/c1-4-12(10-15)20(18,19)17-14(9-11(2)3)13-7-5-6-8-16-13/h5-8,11-12,14,17H,4,9H2,1-3H3/t12-,14-/m0/s1. The van der Waals surface area contributed by atoms with E-state index in [1.165, 1.54) is 0 Å². The van der Waals surface area contributed by atoms with Crippen molar-refractivity contribution in [3.8, 4) is 6.07 Å². The molecule has 1 N–H and O–H groups in total. The number of nitrogens with zero attached hydrogens (tertiary/aromatic N) is 2. The van der Waals surface area contributed by atoms with Crippen LogP contribution < -0.4 is 4.72 Å². The number of aromatic nitrogens is 1. The number of hydrogen-bond donors (Lipinski definition) is 1. The molecule has 0 aliphatic heterocycles. The Morgan fingerprint density at radius 3 is 2.55 bits per heavy atom. The molecule has 0 fully saturated rings. The number of nitriles is 1. The molecule has 1 aromatic rings. The molecule has 0 aromatic carbocycles. The van der Waals surface area contributed by atoms with Gasteiger partial charge in [-0.25, -0.2) is 13.1 Å². The number of pyridine rings is 1. The zero-order chi connectivity index (χ0) is 15.2. The van der Waals surface area contributed by atoms with Crippen molar-refractivity contribution in [2.75, 3.05) is 0 Å². The fourth-order valence-corrected chi connectivity index (χ4v) is 3.30. The van der Waals surface area contributed by atoms with Crippen LogP contribution in [0.3, 0.4) is 0 Å². The second-order valence-electron chi connectivity index (χ2n) is 5.13. The summed E-state index contributed by atoms with van der Waals surface area (Å²) < 4.78 is 27.0. The van der Waals surface area contributed by atoms with Crippen molar-refractivity contribution in [1.29, 1.82) is 5.26 Å². The molecule has 0 bridgehead atoms. The van der Waals surface area contributed by atoms with Crippen molar-refractivity contribution in [2.45, 2.75) is 44.9 Å². The largest absolute Gasteiger partial charge is 0.260 e. The van der Waals surface area contributed by atoms with Gasteiger partial charge in [-0.05, 0) is 30.9 Å². The molecule has 0 aliphatic carbocycles. The lowest BCUT2D eigenvalue weighted by Crippen LogP contribution is -2.36. The van der Waals surface area contributed by atoms with E-state index >= 15 is 0 Å². The van der Waals surface area contributed by atoms with Crippen LogP contribution in [-0.2, 0) is 10.0 Å². The molecule has 0 saturated carbocycles. The van der Waals surface area contributed by atoms with Crippen molar-refractivity contribution < 1.29 is 8.42 Å². The molecule has 6 heteroatoms. The van der Waals surface area contributed by atoms with Crippen LogP contribution in [0, 0.1) is 17.2 Å². The third-order valence-corrected chi connectivity index (χ3v) is 4.75. The molecular weight excluding hydrogens is 274 g/mol. The van der Waals surface area contributed by atoms with Gasteiger partial charge in [0.15, 0.2) is 5.25 Å². The molecule has 2 atom stereocenters. The molecule has 110 valence electrons. The Kier molecular flexibility index (Phi) is 6.11. The first-order chi connectivity index (χ1) is 9.40. The minimum absolute atomic E-state index is 0.266. The molecule has 0 unspecified atom stereocenters. The first-order valence-corrected chi connectivity index (χ1v) is 8.27. The highest BCUT2D eigenvalue weighted by molar-refractivity contribution is 7.90. The summed E-state index contributed by atoms with van der Waals surface area (Å²) in [6, 6.07) is 6.84. The average molecular weight is 295 g/mol. The van der Waals surface area contributed by atoms with Crippen LogP contribution in [0.5, 0.6) is 0 Å². The third kappa shape index (κ3) is 4.58. The molecular formula is C14H21N3O2S. The SMILES string of the molecule is CC[C@@H](C#N)S(=O)(=O)N[C@@H](CC(C)C)c1ccccn1. The molecule has 0 spiro atoms. The Labute approximate surface area is 121 Å². The zero-order valence-corrected chi connectivity index (χ0v) is 12.9. The van der Waals surface area contributed by atoms with Gasteiger partial charge in [0, 0.05) is 6.20 Å². The second-order valence-corrected chi connectivity index (χ2v) is 7.02. The molecule has 0 aliphatic rings. The number of rotatable bonds is 7. The molecule has 0 radical (unpaired) electrons. The lowest BCUT2D eigenvalue weighted by atomic mass is 10.0. The maximum atomic E-state index is 12.2. The van der Waals surface area contributed by atoms with Gasteiger partial charge in [0.05, 0.1) is 17.8 Å². The summed E-state index contributed by atoms with van der Waals surface area (Å²) in [4.78, 5) is 4.22. The first kappa shape index (κ1) is 16.6. The van der Waals surface area contributed by atoms with Crippen LogP contribution >= 0.6 is 0 Å². The Morgan fingerprint density at radius 1 is 1.40 bits per heavy atom. The maximum Gasteiger partial charge on any atom is 0.228 e. The van der Waals surface area contributed by atoms with Gasteiger partial charge >= 0.3 is 0 Å². The molecule has 1 aromatic heterocycles. The van der Waals surface area contributed by atoms with E-state index in [4.69, 9.17) is 5.26 Å². The number of hydrogen-bond acceptors (Lipinski definition) is 4. The van der Waals surface area contributed by atoms with E-state index in [-0.39, 0.29) is 6.42 Å². The van der Waals surface area contributed by atoms with Gasteiger partial charge in [-0.1, -0.05) is 26.8 Å². The monoisotopic (exact) mass is 295 g/mol. The molecule has 0 saturated heterocycles. The number of sulfonamides is 1. The Bertz CT molecular complexity index is 550. The van der Waals surface area contributed by atoms with Crippen LogP contribution in [-0.4, -0.2) is 18.7 Å². The minimum Gasteiger partial charge on any atom is -0.260 e. The van der Waals surface area contributed by atoms with Crippen LogP contribution in [0.1, 0.15) is 45.3 Å². The lowest BCUT2D eigenvalue weighted by Gasteiger charge is -2.21. The predicted molar refractivity (Wildman–Crippen MR) is 78.2 cm³/mol. The minimum atomic E-state index is -3.67. The van der Waals surface area contributed by atoms with Gasteiger partial charge in [0.2, 0.25) is 10.0 Å². The molecule has 20 heavy (non-hydrogen) atoms. The molecule has 1 rings (SSSR count). The summed E-state index contributed by atoms with van der Waals surface area (Å²) in [5.74, 6) is 0.312. The number of nitrogens with one attached hydrogen (secondary N) is 1. The van der Waals surface area contributed by atoms with Gasteiger partial charge in [0.25, 0.3) is 0 Å². The highest BCUT2D eigenvalue weighted by Crippen LogP contribution is 2.21. The summed E-state index contributed by atoms with van der Waals surface area (Å²) in [5, 5.41) is 7.92. The van der Waals surface area contributed by atoms with Gasteiger partial charge in [0.1, 0.15) is 0 Å². The summed E-state index contributed by atoms with van der Waals surface area (Å²) in [7, 11) is -3.67. The van der Waals surface area contributed by atoms with Crippen LogP contribution in [0.25, 0.3) is 0 Å². The quantitative estimate of drug-likeness (QED) is 0.837. The van der Waals surface area contributed by atoms with Crippen LogP contribution in [0.4, 0.5) is 0 Å². The van der Waals surface area contributed by atoms with E-state index in [2.05, 4.69) is 9.71 Å². The van der Waals surface area contributed by atoms with E-state index < -0.39 is 21.3 Å². The van der Waals surface area contributed by atoms with E-state index in [1.807, 2.05) is 26.0 Å². The fourth-order valence-electron chi connectivity index (χ4n) is 1.94. The van der Waals surface area contributed by atoms with Crippen LogP contribution in [0.15, 0.2) is 24.4 Å². The summed E-state index contributed by atoms with van der Waals surface area (Å²) in [6.07, 6.45) is 2.54. The van der Waals surface area contributed by atoms with Crippen molar-refractivity contribution in [2.24, 2.45) is 5.92 Å². The Balaban J connectivity index is 3.00. The van der Waals surface area contributed by atoms with Crippen molar-refractivity contribution in [1.82, 2.24) is 9.71 Å². The van der Waals surface area contributed by atoms with Gasteiger partial charge < -0.3 is 0 Å². The van der Waals surface area contributed by atoms with Crippen molar-refractivity contribution in [3.05, 3.63) is 30.1 Å². The normalized spacial score (nSPS) is 14.8. The summed E-state index contributed by atoms with van der Waals surface area (Å²) in [5.41, 5.74) is 0.678. The summed E-state index contributed by atoms with van der Waals surface area (Å²) >= 11 is 0. The van der Waals surface area contributed by atoms with Gasteiger partial charge in [-0.15, -0.1) is 0 Å². The van der Waals surface area contributed by atoms with Crippen molar-refractivity contribution >= 4 is 10.0 Å².